The SMILES string of the molecule is c1ccc(-c2cc(-c3ccc(-c4cccc5c4oc4ccccc45)cc3)nc(-c3cccc(-c4c(-c5ccccc5)c(-c5ccccc5)nc(-c5ccccc5)c4-c4ccccc4)c3)n2)cc1. The van der Waals surface area contributed by atoms with E-state index in [-0.39, 0.29) is 0 Å². The summed E-state index contributed by atoms with van der Waals surface area (Å²) in [5, 5.41) is 2.23. The van der Waals surface area contributed by atoms with E-state index in [1.54, 1.807) is 0 Å². The Labute approximate surface area is 389 Å². The van der Waals surface area contributed by atoms with E-state index >= 15 is 0 Å². The summed E-state index contributed by atoms with van der Waals surface area (Å²) in [6.45, 7) is 0. The van der Waals surface area contributed by atoms with Crippen LogP contribution in [0.4, 0.5) is 0 Å². The number of nitrogens with zero attached hydrogens (tertiary/aromatic N) is 3. The van der Waals surface area contributed by atoms with Crippen LogP contribution in [0.3, 0.4) is 0 Å². The first-order valence-electron chi connectivity index (χ1n) is 22.6. The molecule has 0 fully saturated rings. The van der Waals surface area contributed by atoms with Gasteiger partial charge in [0.15, 0.2) is 5.82 Å². The van der Waals surface area contributed by atoms with Gasteiger partial charge in [0.2, 0.25) is 0 Å². The molecule has 12 rings (SSSR count). The predicted molar refractivity (Wildman–Crippen MR) is 276 cm³/mol. The molecule has 3 aromatic heterocycles. The number of rotatable bonds is 9. The molecule has 0 amide bonds. The Bertz CT molecular complexity index is 3600. The topological polar surface area (TPSA) is 51.8 Å². The average molecular weight is 856 g/mol. The molecule has 0 bridgehead atoms. The van der Waals surface area contributed by atoms with E-state index in [0.717, 1.165) is 117 Å². The summed E-state index contributed by atoms with van der Waals surface area (Å²) >= 11 is 0. The molecule has 0 spiro atoms. The summed E-state index contributed by atoms with van der Waals surface area (Å²) in [5.41, 5.74) is 18.8. The third-order valence-corrected chi connectivity index (χ3v) is 12.5. The highest BCUT2D eigenvalue weighted by atomic mass is 16.3. The highest BCUT2D eigenvalue weighted by Gasteiger charge is 2.26. The van der Waals surface area contributed by atoms with Crippen molar-refractivity contribution < 1.29 is 4.42 Å². The molecule has 0 atom stereocenters. The first kappa shape index (κ1) is 39.6. The van der Waals surface area contributed by atoms with Crippen LogP contribution in [0.15, 0.2) is 253 Å². The molecule has 9 aromatic carbocycles. The highest BCUT2D eigenvalue weighted by Crippen LogP contribution is 2.49. The van der Waals surface area contributed by atoms with Crippen molar-refractivity contribution in [1.82, 2.24) is 15.0 Å². The van der Waals surface area contributed by atoms with Crippen LogP contribution in [0.5, 0.6) is 0 Å². The maximum Gasteiger partial charge on any atom is 0.160 e. The maximum absolute atomic E-state index is 6.42. The Morgan fingerprint density at radius 3 is 1.28 bits per heavy atom. The van der Waals surface area contributed by atoms with Gasteiger partial charge in [-0.1, -0.05) is 231 Å². The fraction of sp³-hybridized carbons (Fsp3) is 0. The van der Waals surface area contributed by atoms with Gasteiger partial charge in [-0.05, 0) is 40.5 Å². The van der Waals surface area contributed by atoms with Gasteiger partial charge in [0.25, 0.3) is 0 Å². The number of furan rings is 1. The summed E-state index contributed by atoms with van der Waals surface area (Å²) in [7, 11) is 0. The Hall–Kier alpha value is -8.99. The van der Waals surface area contributed by atoms with E-state index in [1.165, 1.54) is 0 Å². The zero-order chi connectivity index (χ0) is 44.5. The quantitative estimate of drug-likeness (QED) is 0.145. The van der Waals surface area contributed by atoms with Gasteiger partial charge >= 0.3 is 0 Å². The van der Waals surface area contributed by atoms with Gasteiger partial charge in [-0.2, -0.15) is 0 Å². The lowest BCUT2D eigenvalue weighted by molar-refractivity contribution is 0.670. The van der Waals surface area contributed by atoms with Gasteiger partial charge in [0.1, 0.15) is 11.2 Å². The third kappa shape index (κ3) is 7.47. The number of pyridine rings is 1. The monoisotopic (exact) mass is 855 g/mol. The van der Waals surface area contributed by atoms with Crippen molar-refractivity contribution in [3.05, 3.63) is 249 Å². The molecule has 0 radical (unpaired) electrons. The molecule has 67 heavy (non-hydrogen) atoms. The van der Waals surface area contributed by atoms with E-state index < -0.39 is 0 Å². The van der Waals surface area contributed by atoms with E-state index in [9.17, 15) is 0 Å². The van der Waals surface area contributed by atoms with E-state index in [4.69, 9.17) is 19.4 Å². The largest absolute Gasteiger partial charge is 0.455 e. The fourth-order valence-corrected chi connectivity index (χ4v) is 9.35. The van der Waals surface area contributed by atoms with E-state index in [1.807, 2.05) is 18.2 Å². The fourth-order valence-electron chi connectivity index (χ4n) is 9.35. The molecular formula is C63H41N3O. The number of hydrogen-bond donors (Lipinski definition) is 0. The molecule has 0 saturated heterocycles. The molecule has 4 heteroatoms. The molecule has 3 heterocycles. The van der Waals surface area contributed by atoms with Crippen LogP contribution in [0.25, 0.3) is 123 Å². The Morgan fingerprint density at radius 2 is 0.701 bits per heavy atom. The van der Waals surface area contributed by atoms with Crippen LogP contribution >= 0.6 is 0 Å². The van der Waals surface area contributed by atoms with Crippen LogP contribution in [-0.2, 0) is 0 Å². The number of para-hydroxylation sites is 2. The van der Waals surface area contributed by atoms with Crippen molar-refractivity contribution in [3.8, 4) is 101 Å². The van der Waals surface area contributed by atoms with E-state index in [0.29, 0.717) is 5.82 Å². The van der Waals surface area contributed by atoms with Crippen molar-refractivity contribution in [2.45, 2.75) is 0 Å². The van der Waals surface area contributed by atoms with Crippen molar-refractivity contribution in [1.29, 1.82) is 0 Å². The summed E-state index contributed by atoms with van der Waals surface area (Å²) in [5.74, 6) is 0.637. The number of aromatic nitrogens is 3. The standard InChI is InChI=1S/C63H41N3O/c1-6-20-43(21-7-1)54-41-55(44-38-36-42(37-39-44)51-33-19-34-53-52-32-16-17-35-56(52)67-62(51)53)65-63(64-54)50-31-18-30-49(40-50)57-58(45-22-8-2-9-23-45)60(47-26-12-4-13-27-47)66-61(48-28-14-5-15-29-48)59(57)46-24-10-3-11-25-46/h1-41H. The van der Waals surface area contributed by atoms with Crippen LogP contribution in [0.1, 0.15) is 0 Å². The first-order chi connectivity index (χ1) is 33.2. The maximum atomic E-state index is 6.42. The molecule has 0 N–H and O–H groups in total. The van der Waals surface area contributed by atoms with Gasteiger partial charge in [0.05, 0.1) is 22.8 Å². The van der Waals surface area contributed by atoms with Gasteiger partial charge in [-0.15, -0.1) is 0 Å². The van der Waals surface area contributed by atoms with Gasteiger partial charge in [0, 0.05) is 60.8 Å². The minimum Gasteiger partial charge on any atom is -0.455 e. The molecule has 0 unspecified atom stereocenters. The third-order valence-electron chi connectivity index (χ3n) is 12.5. The first-order valence-corrected chi connectivity index (χ1v) is 22.6. The van der Waals surface area contributed by atoms with Gasteiger partial charge in [-0.25, -0.2) is 15.0 Å². The van der Waals surface area contributed by atoms with Crippen LogP contribution in [-0.4, -0.2) is 15.0 Å². The summed E-state index contributed by atoms with van der Waals surface area (Å²) in [6, 6.07) is 86.8. The molecule has 314 valence electrons. The second kappa shape index (κ2) is 17.2. The molecule has 0 aliphatic heterocycles. The summed E-state index contributed by atoms with van der Waals surface area (Å²) < 4.78 is 6.42. The number of hydrogen-bond acceptors (Lipinski definition) is 4. The van der Waals surface area contributed by atoms with Crippen LogP contribution in [0.2, 0.25) is 0 Å². The second-order valence-corrected chi connectivity index (χ2v) is 16.7. The van der Waals surface area contributed by atoms with Crippen molar-refractivity contribution >= 4 is 21.9 Å². The van der Waals surface area contributed by atoms with Gasteiger partial charge in [-0.3, -0.25) is 0 Å². The average Bonchev–Trinajstić information content (AvgIpc) is 3.81. The molecule has 0 aliphatic rings. The Balaban J connectivity index is 1.06. The molecule has 0 aliphatic carbocycles. The molecular weight excluding hydrogens is 815 g/mol. The minimum atomic E-state index is 0.637. The Kier molecular flexibility index (Phi) is 10.2. The molecule has 0 saturated carbocycles. The van der Waals surface area contributed by atoms with E-state index in [2.05, 4.69) is 231 Å². The molecule has 4 nitrogen and oxygen atoms in total. The smallest absolute Gasteiger partial charge is 0.160 e. The Morgan fingerprint density at radius 1 is 0.269 bits per heavy atom. The van der Waals surface area contributed by atoms with Crippen LogP contribution in [0, 0.1) is 0 Å². The summed E-state index contributed by atoms with van der Waals surface area (Å²) in [6.07, 6.45) is 0. The highest BCUT2D eigenvalue weighted by molar-refractivity contribution is 6.10. The zero-order valence-electron chi connectivity index (χ0n) is 36.4. The lowest BCUT2D eigenvalue weighted by Crippen LogP contribution is -2.02. The summed E-state index contributed by atoms with van der Waals surface area (Å²) in [4.78, 5) is 16.3. The molecule has 12 aromatic rings. The number of fused-ring (bicyclic) bond motifs is 3. The van der Waals surface area contributed by atoms with Crippen molar-refractivity contribution in [2.24, 2.45) is 0 Å². The van der Waals surface area contributed by atoms with Gasteiger partial charge < -0.3 is 4.42 Å². The lowest BCUT2D eigenvalue weighted by Gasteiger charge is -2.23. The minimum absolute atomic E-state index is 0.637. The van der Waals surface area contributed by atoms with Crippen molar-refractivity contribution in [3.63, 3.8) is 0 Å². The normalized spacial score (nSPS) is 11.3. The van der Waals surface area contributed by atoms with Crippen LogP contribution < -0.4 is 0 Å². The lowest BCUT2D eigenvalue weighted by atomic mass is 9.83. The van der Waals surface area contributed by atoms with Crippen molar-refractivity contribution in [2.75, 3.05) is 0 Å². The number of benzene rings is 9. The predicted octanol–water partition coefficient (Wildman–Crippen LogP) is 16.8. The zero-order valence-corrected chi connectivity index (χ0v) is 36.4. The second-order valence-electron chi connectivity index (χ2n) is 16.7.